The second kappa shape index (κ2) is 5.29. The molecule has 1 saturated heterocycles. The highest BCUT2D eigenvalue weighted by atomic mass is 16.5. The Hall–Kier alpha value is -1.06. The predicted octanol–water partition coefficient (Wildman–Crippen LogP) is 1.46. The molecule has 2 heterocycles. The number of fused-ring (bicyclic) bond motifs is 1. The standard InChI is InChI=1S/C15H22N2O/c1-12-11-17(8-6-16-12)7-4-13-2-3-15-14(10-13)5-9-18-15/h2-3,10,12,16H,4-9,11H2,1H3. The number of hydrogen-bond donors (Lipinski definition) is 1. The van der Waals surface area contributed by atoms with Gasteiger partial charge >= 0.3 is 0 Å². The first kappa shape index (κ1) is 12.0. The summed E-state index contributed by atoms with van der Waals surface area (Å²) in [7, 11) is 0. The monoisotopic (exact) mass is 246 g/mol. The van der Waals surface area contributed by atoms with E-state index in [0.29, 0.717) is 6.04 Å². The molecular weight excluding hydrogens is 224 g/mol. The molecule has 1 aromatic rings. The highest BCUT2D eigenvalue weighted by molar-refractivity contribution is 5.39. The van der Waals surface area contributed by atoms with Gasteiger partial charge in [0.15, 0.2) is 0 Å². The molecular formula is C15H22N2O. The van der Waals surface area contributed by atoms with E-state index in [1.165, 1.54) is 30.8 Å². The first-order valence-electron chi connectivity index (χ1n) is 7.01. The molecule has 0 amide bonds. The first-order valence-corrected chi connectivity index (χ1v) is 7.01. The van der Waals surface area contributed by atoms with Crippen LogP contribution in [0.2, 0.25) is 0 Å². The molecule has 1 unspecified atom stereocenters. The molecule has 18 heavy (non-hydrogen) atoms. The van der Waals surface area contributed by atoms with E-state index in [-0.39, 0.29) is 0 Å². The van der Waals surface area contributed by atoms with Crippen molar-refractivity contribution in [2.75, 3.05) is 32.8 Å². The van der Waals surface area contributed by atoms with Gasteiger partial charge in [-0.1, -0.05) is 12.1 Å². The van der Waals surface area contributed by atoms with E-state index in [4.69, 9.17) is 4.74 Å². The fourth-order valence-corrected chi connectivity index (χ4v) is 2.90. The second-order valence-corrected chi connectivity index (χ2v) is 5.45. The summed E-state index contributed by atoms with van der Waals surface area (Å²) in [5, 5.41) is 3.49. The quantitative estimate of drug-likeness (QED) is 0.874. The van der Waals surface area contributed by atoms with E-state index in [1.54, 1.807) is 0 Å². The van der Waals surface area contributed by atoms with Gasteiger partial charge in [-0.2, -0.15) is 0 Å². The van der Waals surface area contributed by atoms with E-state index in [9.17, 15) is 0 Å². The van der Waals surface area contributed by atoms with Crippen molar-refractivity contribution in [1.29, 1.82) is 0 Å². The van der Waals surface area contributed by atoms with Gasteiger partial charge in [0.2, 0.25) is 0 Å². The van der Waals surface area contributed by atoms with Crippen molar-refractivity contribution in [3.8, 4) is 5.75 Å². The van der Waals surface area contributed by atoms with E-state index in [1.807, 2.05) is 0 Å². The summed E-state index contributed by atoms with van der Waals surface area (Å²) in [5.74, 6) is 1.09. The minimum absolute atomic E-state index is 0.632. The van der Waals surface area contributed by atoms with Crippen molar-refractivity contribution in [3.63, 3.8) is 0 Å². The lowest BCUT2D eigenvalue weighted by molar-refractivity contribution is 0.209. The molecule has 3 heteroatoms. The van der Waals surface area contributed by atoms with Crippen LogP contribution in [0.3, 0.4) is 0 Å². The van der Waals surface area contributed by atoms with Crippen LogP contribution < -0.4 is 10.1 Å². The number of hydrogen-bond acceptors (Lipinski definition) is 3. The number of nitrogens with one attached hydrogen (secondary N) is 1. The van der Waals surface area contributed by atoms with Gasteiger partial charge in [0.1, 0.15) is 5.75 Å². The lowest BCUT2D eigenvalue weighted by Crippen LogP contribution is -2.49. The zero-order chi connectivity index (χ0) is 12.4. The molecule has 0 radical (unpaired) electrons. The second-order valence-electron chi connectivity index (χ2n) is 5.45. The Bertz CT molecular complexity index is 419. The molecule has 1 N–H and O–H groups in total. The molecule has 0 aromatic heterocycles. The average Bonchev–Trinajstić information content (AvgIpc) is 2.84. The number of benzene rings is 1. The maximum atomic E-state index is 5.54. The van der Waals surface area contributed by atoms with E-state index in [0.717, 1.165) is 31.7 Å². The topological polar surface area (TPSA) is 24.5 Å². The van der Waals surface area contributed by atoms with Gasteiger partial charge < -0.3 is 15.0 Å². The van der Waals surface area contributed by atoms with Crippen LogP contribution in [0.25, 0.3) is 0 Å². The van der Waals surface area contributed by atoms with Crippen molar-refractivity contribution in [3.05, 3.63) is 29.3 Å². The van der Waals surface area contributed by atoms with Crippen LogP contribution in [0.1, 0.15) is 18.1 Å². The number of nitrogens with zero attached hydrogens (tertiary/aromatic N) is 1. The summed E-state index contributed by atoms with van der Waals surface area (Å²) in [6, 6.07) is 7.31. The van der Waals surface area contributed by atoms with Crippen LogP contribution >= 0.6 is 0 Å². The summed E-state index contributed by atoms with van der Waals surface area (Å²) < 4.78 is 5.54. The molecule has 1 aromatic carbocycles. The predicted molar refractivity (Wildman–Crippen MR) is 73.2 cm³/mol. The van der Waals surface area contributed by atoms with Crippen molar-refractivity contribution in [1.82, 2.24) is 10.2 Å². The molecule has 2 aliphatic rings. The molecule has 3 nitrogen and oxygen atoms in total. The summed E-state index contributed by atoms with van der Waals surface area (Å²) >= 11 is 0. The van der Waals surface area contributed by atoms with Crippen molar-refractivity contribution in [2.45, 2.75) is 25.8 Å². The molecule has 98 valence electrons. The number of rotatable bonds is 3. The zero-order valence-electron chi connectivity index (χ0n) is 11.1. The lowest BCUT2D eigenvalue weighted by atomic mass is 10.1. The van der Waals surface area contributed by atoms with Crippen molar-refractivity contribution in [2.24, 2.45) is 0 Å². The normalized spacial score (nSPS) is 23.7. The zero-order valence-corrected chi connectivity index (χ0v) is 11.1. The van der Waals surface area contributed by atoms with Gasteiger partial charge in [-0.05, 0) is 30.5 Å². The smallest absolute Gasteiger partial charge is 0.122 e. The molecule has 0 spiro atoms. The first-order chi connectivity index (χ1) is 8.81. The van der Waals surface area contributed by atoms with Gasteiger partial charge in [-0.25, -0.2) is 0 Å². The molecule has 1 fully saturated rings. The Morgan fingerprint density at radius 2 is 2.39 bits per heavy atom. The van der Waals surface area contributed by atoms with Crippen LogP contribution in [-0.2, 0) is 12.8 Å². The number of ether oxygens (including phenoxy) is 1. The van der Waals surface area contributed by atoms with Gasteiger partial charge in [0.25, 0.3) is 0 Å². The van der Waals surface area contributed by atoms with Crippen LogP contribution in [0.15, 0.2) is 18.2 Å². The Morgan fingerprint density at radius 3 is 3.28 bits per heavy atom. The highest BCUT2D eigenvalue weighted by Crippen LogP contribution is 2.26. The van der Waals surface area contributed by atoms with Crippen LogP contribution in [0, 0.1) is 0 Å². The van der Waals surface area contributed by atoms with Crippen LogP contribution in [-0.4, -0.2) is 43.7 Å². The third kappa shape index (κ3) is 2.68. The third-order valence-electron chi connectivity index (χ3n) is 3.92. The maximum Gasteiger partial charge on any atom is 0.122 e. The van der Waals surface area contributed by atoms with Gasteiger partial charge in [-0.15, -0.1) is 0 Å². The molecule has 0 saturated carbocycles. The van der Waals surface area contributed by atoms with Crippen molar-refractivity contribution < 1.29 is 4.74 Å². The average molecular weight is 246 g/mol. The van der Waals surface area contributed by atoms with E-state index < -0.39 is 0 Å². The molecule has 1 atom stereocenters. The van der Waals surface area contributed by atoms with Gasteiger partial charge in [0.05, 0.1) is 6.61 Å². The largest absolute Gasteiger partial charge is 0.493 e. The van der Waals surface area contributed by atoms with Crippen LogP contribution in [0.4, 0.5) is 0 Å². The molecule has 0 bridgehead atoms. The SMILES string of the molecule is CC1CN(CCc2ccc3c(c2)CCO3)CCN1. The molecule has 3 rings (SSSR count). The fourth-order valence-electron chi connectivity index (χ4n) is 2.90. The van der Waals surface area contributed by atoms with Crippen LogP contribution in [0.5, 0.6) is 5.75 Å². The minimum atomic E-state index is 0.632. The lowest BCUT2D eigenvalue weighted by Gasteiger charge is -2.31. The molecule has 0 aliphatic carbocycles. The fraction of sp³-hybridized carbons (Fsp3) is 0.600. The highest BCUT2D eigenvalue weighted by Gasteiger charge is 2.16. The number of piperazine rings is 1. The Morgan fingerprint density at radius 1 is 1.44 bits per heavy atom. The van der Waals surface area contributed by atoms with Gasteiger partial charge in [0, 0.05) is 38.6 Å². The minimum Gasteiger partial charge on any atom is -0.493 e. The Kier molecular flexibility index (Phi) is 3.52. The van der Waals surface area contributed by atoms with Crippen molar-refractivity contribution >= 4 is 0 Å². The third-order valence-corrected chi connectivity index (χ3v) is 3.92. The maximum absolute atomic E-state index is 5.54. The molecule has 2 aliphatic heterocycles. The summed E-state index contributed by atoms with van der Waals surface area (Å²) in [6.45, 7) is 7.77. The Labute approximate surface area is 109 Å². The summed E-state index contributed by atoms with van der Waals surface area (Å²) in [6.07, 6.45) is 2.23. The Balaban J connectivity index is 1.56. The summed E-state index contributed by atoms with van der Waals surface area (Å²) in [5.41, 5.74) is 2.84. The van der Waals surface area contributed by atoms with E-state index in [2.05, 4.69) is 35.3 Å². The van der Waals surface area contributed by atoms with E-state index >= 15 is 0 Å². The summed E-state index contributed by atoms with van der Waals surface area (Å²) in [4.78, 5) is 2.56. The van der Waals surface area contributed by atoms with Gasteiger partial charge in [-0.3, -0.25) is 0 Å².